The minimum absolute atomic E-state index is 0.00799. The van der Waals surface area contributed by atoms with Crippen LogP contribution in [0.15, 0.2) is 12.7 Å². The zero-order valence-electron chi connectivity index (χ0n) is 13.4. The molecule has 1 aliphatic heterocycles. The number of nitrogens with two attached hydrogens (primary N) is 1. The molecule has 0 spiro atoms. The Kier molecular flexibility index (Phi) is 4.47. The van der Waals surface area contributed by atoms with Crippen molar-refractivity contribution < 1.29 is 4.79 Å². The van der Waals surface area contributed by atoms with E-state index < -0.39 is 0 Å². The Hall–Kier alpha value is -1.43. The van der Waals surface area contributed by atoms with E-state index in [4.69, 9.17) is 5.73 Å². The number of nitrogens with zero attached hydrogens (tertiary/aromatic N) is 4. The van der Waals surface area contributed by atoms with Crippen LogP contribution in [0, 0.1) is 11.8 Å². The lowest BCUT2D eigenvalue weighted by atomic mass is 9.73. The van der Waals surface area contributed by atoms with E-state index >= 15 is 0 Å². The quantitative estimate of drug-likeness (QED) is 0.916. The summed E-state index contributed by atoms with van der Waals surface area (Å²) < 4.78 is 1.87. The fourth-order valence-corrected chi connectivity index (χ4v) is 3.99. The molecule has 0 aromatic carbocycles. The van der Waals surface area contributed by atoms with Crippen LogP contribution >= 0.6 is 0 Å². The molecule has 22 heavy (non-hydrogen) atoms. The van der Waals surface area contributed by atoms with Crippen LogP contribution in [0.25, 0.3) is 0 Å². The van der Waals surface area contributed by atoms with E-state index in [0.29, 0.717) is 5.92 Å². The molecule has 1 saturated heterocycles. The van der Waals surface area contributed by atoms with E-state index in [1.54, 1.807) is 12.7 Å². The fourth-order valence-electron chi connectivity index (χ4n) is 3.99. The third-order valence-electron chi connectivity index (χ3n) is 5.29. The molecule has 6 nitrogen and oxygen atoms in total. The molecule has 1 aromatic rings. The van der Waals surface area contributed by atoms with Crippen LogP contribution in [-0.2, 0) is 11.3 Å². The van der Waals surface area contributed by atoms with Gasteiger partial charge in [0.2, 0.25) is 5.91 Å². The first-order valence-corrected chi connectivity index (χ1v) is 8.46. The van der Waals surface area contributed by atoms with Crippen LogP contribution in [0.1, 0.15) is 45.4 Å². The Morgan fingerprint density at radius 1 is 1.36 bits per heavy atom. The molecular formula is C16H27N5O. The first-order chi connectivity index (χ1) is 10.6. The van der Waals surface area contributed by atoms with E-state index in [1.165, 1.54) is 0 Å². The number of carbonyl (C=O) groups is 1. The molecule has 6 heteroatoms. The van der Waals surface area contributed by atoms with Gasteiger partial charge in [0.1, 0.15) is 12.7 Å². The Morgan fingerprint density at radius 2 is 2.23 bits per heavy atom. The van der Waals surface area contributed by atoms with Gasteiger partial charge in [-0.1, -0.05) is 12.8 Å². The molecule has 2 N–H and O–H groups in total. The molecule has 3 rings (SSSR count). The molecule has 2 aliphatic rings. The maximum atomic E-state index is 12.9. The Labute approximate surface area is 132 Å². The Bertz CT molecular complexity index is 499. The van der Waals surface area contributed by atoms with Crippen molar-refractivity contribution in [2.24, 2.45) is 17.6 Å². The van der Waals surface area contributed by atoms with Gasteiger partial charge in [-0.25, -0.2) is 4.98 Å². The topological polar surface area (TPSA) is 77.0 Å². The number of hydrogen-bond donors (Lipinski definition) is 1. The molecular weight excluding hydrogens is 278 g/mol. The summed E-state index contributed by atoms with van der Waals surface area (Å²) in [5.41, 5.74) is 6.06. The number of aromatic nitrogens is 3. The van der Waals surface area contributed by atoms with Gasteiger partial charge in [0.15, 0.2) is 0 Å². The summed E-state index contributed by atoms with van der Waals surface area (Å²) in [6.07, 6.45) is 9.70. The third kappa shape index (κ3) is 3.32. The summed E-state index contributed by atoms with van der Waals surface area (Å²) in [7, 11) is 0. The van der Waals surface area contributed by atoms with Crippen LogP contribution < -0.4 is 5.73 Å². The normalized spacial score (nSPS) is 32.9. The molecule has 2 heterocycles. The lowest BCUT2D eigenvalue weighted by molar-refractivity contribution is -0.140. The second-order valence-electron chi connectivity index (χ2n) is 7.21. The van der Waals surface area contributed by atoms with Crippen molar-refractivity contribution in [3.8, 4) is 0 Å². The highest BCUT2D eigenvalue weighted by Crippen LogP contribution is 2.34. The fraction of sp³-hybridized carbons (Fsp3) is 0.812. The summed E-state index contributed by atoms with van der Waals surface area (Å²) >= 11 is 0. The van der Waals surface area contributed by atoms with Gasteiger partial charge in [-0.3, -0.25) is 9.48 Å². The van der Waals surface area contributed by atoms with E-state index in [-0.39, 0.29) is 17.4 Å². The summed E-state index contributed by atoms with van der Waals surface area (Å²) in [5, 5.41) is 4.18. The van der Waals surface area contributed by atoms with E-state index in [9.17, 15) is 4.79 Å². The molecule has 1 saturated carbocycles. The average molecular weight is 305 g/mol. The van der Waals surface area contributed by atoms with Crippen LogP contribution in [0.4, 0.5) is 0 Å². The van der Waals surface area contributed by atoms with E-state index in [1.807, 2.05) is 16.5 Å². The van der Waals surface area contributed by atoms with Gasteiger partial charge in [0.05, 0.1) is 5.92 Å². The van der Waals surface area contributed by atoms with Gasteiger partial charge in [-0.15, -0.1) is 0 Å². The van der Waals surface area contributed by atoms with Crippen LogP contribution in [-0.4, -0.2) is 44.2 Å². The number of hydrogen-bond acceptors (Lipinski definition) is 4. The molecule has 1 aliphatic carbocycles. The van der Waals surface area contributed by atoms with Crippen molar-refractivity contribution in [3.05, 3.63) is 12.7 Å². The molecule has 0 radical (unpaired) electrons. The summed E-state index contributed by atoms with van der Waals surface area (Å²) in [5.74, 6) is 0.728. The third-order valence-corrected chi connectivity index (χ3v) is 5.29. The highest BCUT2D eigenvalue weighted by molar-refractivity contribution is 5.80. The monoisotopic (exact) mass is 305 g/mol. The minimum atomic E-state index is -0.339. The van der Waals surface area contributed by atoms with Crippen molar-refractivity contribution in [1.82, 2.24) is 19.7 Å². The van der Waals surface area contributed by atoms with Gasteiger partial charge < -0.3 is 10.6 Å². The Balaban J connectivity index is 1.62. The zero-order chi connectivity index (χ0) is 15.6. The predicted octanol–water partition coefficient (Wildman–Crippen LogP) is 1.42. The van der Waals surface area contributed by atoms with Crippen molar-refractivity contribution >= 4 is 5.91 Å². The van der Waals surface area contributed by atoms with Gasteiger partial charge >= 0.3 is 0 Å². The molecule has 2 fully saturated rings. The lowest BCUT2D eigenvalue weighted by Crippen LogP contribution is -2.55. The largest absolute Gasteiger partial charge is 0.342 e. The van der Waals surface area contributed by atoms with Gasteiger partial charge in [0.25, 0.3) is 0 Å². The standard InChI is InChI=1S/C16H27N5O/c1-16(17)7-3-2-6-14(16)15(22)20-8-4-5-13(9-20)10-21-12-18-11-19-21/h11-14H,2-10,17H2,1H3. The second kappa shape index (κ2) is 6.36. The molecule has 1 aromatic heterocycles. The molecule has 1 amide bonds. The maximum absolute atomic E-state index is 12.9. The van der Waals surface area contributed by atoms with Gasteiger partial charge in [0, 0.05) is 25.2 Å². The van der Waals surface area contributed by atoms with Crippen molar-refractivity contribution in [2.75, 3.05) is 13.1 Å². The summed E-state index contributed by atoms with van der Waals surface area (Å²) in [4.78, 5) is 19.0. The minimum Gasteiger partial charge on any atom is -0.342 e. The summed E-state index contributed by atoms with van der Waals surface area (Å²) in [6.45, 7) is 4.59. The Morgan fingerprint density at radius 3 is 2.95 bits per heavy atom. The maximum Gasteiger partial charge on any atom is 0.227 e. The van der Waals surface area contributed by atoms with Crippen molar-refractivity contribution in [2.45, 2.75) is 57.5 Å². The van der Waals surface area contributed by atoms with Crippen molar-refractivity contribution in [3.63, 3.8) is 0 Å². The van der Waals surface area contributed by atoms with Gasteiger partial charge in [-0.05, 0) is 38.5 Å². The zero-order valence-corrected chi connectivity index (χ0v) is 13.4. The summed E-state index contributed by atoms with van der Waals surface area (Å²) in [6, 6.07) is 0. The predicted molar refractivity (Wildman–Crippen MR) is 83.9 cm³/mol. The van der Waals surface area contributed by atoms with Crippen LogP contribution in [0.3, 0.4) is 0 Å². The highest BCUT2D eigenvalue weighted by atomic mass is 16.2. The van der Waals surface area contributed by atoms with Crippen LogP contribution in [0.2, 0.25) is 0 Å². The number of likely N-dealkylation sites (tertiary alicyclic amines) is 1. The number of rotatable bonds is 3. The van der Waals surface area contributed by atoms with E-state index in [2.05, 4.69) is 10.1 Å². The van der Waals surface area contributed by atoms with E-state index in [0.717, 1.165) is 58.2 Å². The molecule has 3 atom stereocenters. The highest BCUT2D eigenvalue weighted by Gasteiger charge is 2.40. The SMILES string of the molecule is CC1(N)CCCCC1C(=O)N1CCCC(Cn2cncn2)C1. The number of carbonyl (C=O) groups excluding carboxylic acids is 1. The molecule has 122 valence electrons. The first kappa shape index (κ1) is 15.5. The first-order valence-electron chi connectivity index (χ1n) is 8.46. The number of piperidine rings is 1. The average Bonchev–Trinajstić information content (AvgIpc) is 2.99. The second-order valence-corrected chi connectivity index (χ2v) is 7.21. The van der Waals surface area contributed by atoms with Gasteiger partial charge in [-0.2, -0.15) is 5.10 Å². The van der Waals surface area contributed by atoms with Crippen molar-refractivity contribution in [1.29, 1.82) is 0 Å². The molecule has 3 unspecified atom stereocenters. The number of amides is 1. The smallest absolute Gasteiger partial charge is 0.227 e. The molecule has 0 bridgehead atoms. The lowest BCUT2D eigenvalue weighted by Gasteiger charge is -2.42. The van der Waals surface area contributed by atoms with Crippen LogP contribution in [0.5, 0.6) is 0 Å².